The summed E-state index contributed by atoms with van der Waals surface area (Å²) in [6.45, 7) is 32.1. The molecule has 1 saturated heterocycles. The van der Waals surface area contributed by atoms with E-state index >= 15 is 19.2 Å². The monoisotopic (exact) mass is 1240 g/mol. The predicted molar refractivity (Wildman–Crippen MR) is 343 cm³/mol. The lowest BCUT2D eigenvalue weighted by Crippen LogP contribution is -2.64. The molecule has 13 atom stereocenters. The van der Waals surface area contributed by atoms with Gasteiger partial charge >= 0.3 is 0 Å². The topological polar surface area (TPSA) is 267 Å². The van der Waals surface area contributed by atoms with Gasteiger partial charge in [0.2, 0.25) is 59.1 Å². The molecule has 0 aromatic carbocycles. The highest BCUT2D eigenvalue weighted by Gasteiger charge is 2.46. The van der Waals surface area contributed by atoms with Crippen LogP contribution in [0.25, 0.3) is 0 Å². The van der Waals surface area contributed by atoms with E-state index in [9.17, 15) is 38.7 Å². The molecule has 504 valence electrons. The average Bonchev–Trinajstić information content (AvgIpc) is 1.33. The minimum Gasteiger partial charge on any atom is -0.390 e. The summed E-state index contributed by atoms with van der Waals surface area (Å²) in [4.78, 5) is 171. The maximum absolute atomic E-state index is 15.3. The summed E-state index contributed by atoms with van der Waals surface area (Å²) < 4.78 is 0. The Bertz CT molecular complexity index is 2390. The van der Waals surface area contributed by atoms with Crippen molar-refractivity contribution in [3.05, 3.63) is 12.2 Å². The Kier molecular flexibility index (Phi) is 33.4. The van der Waals surface area contributed by atoms with Gasteiger partial charge in [-0.15, -0.1) is 0 Å². The first-order valence-corrected chi connectivity index (χ1v) is 32.3. The number of ketones is 1. The van der Waals surface area contributed by atoms with Crippen LogP contribution in [0.5, 0.6) is 0 Å². The Hall–Kier alpha value is -5.93. The summed E-state index contributed by atoms with van der Waals surface area (Å²) >= 11 is 0. The van der Waals surface area contributed by atoms with Crippen LogP contribution >= 0.6 is 0 Å². The van der Waals surface area contributed by atoms with Crippen LogP contribution in [0, 0.1) is 47.3 Å². The van der Waals surface area contributed by atoms with E-state index in [1.54, 1.807) is 54.5 Å². The largest absolute Gasteiger partial charge is 0.390 e. The smallest absolute Gasteiger partial charge is 0.246 e. The fourth-order valence-electron chi connectivity index (χ4n) is 11.6. The van der Waals surface area contributed by atoms with Crippen LogP contribution in [0.15, 0.2) is 12.2 Å². The molecule has 22 heteroatoms. The van der Waals surface area contributed by atoms with Crippen LogP contribution in [0.4, 0.5) is 0 Å². The second-order valence-corrected chi connectivity index (χ2v) is 27.4. The SMILES string of the molecule is C/C=C/C[C@@H](C)[C@@H](O)[C@@H]1C(=O)N[C@H](CC)C(=O)N(C)[C@H](CCC)C(=O)N(C)[C@@H](CC(C)C)C(=O)N[C@H](C(C)C)C(=O)N(C)[C@H](CC(C)C)C(=O)N[C@H](C)C(=O)C[C@@H](C)C(=O)N(C)[C@H](CC(C)C)C(=O)N(C)[C@H](CC(C)C)C(=O)N(C)[C@H](C(C)C)C(=O)N1C. The van der Waals surface area contributed by atoms with Crippen molar-refractivity contribution in [3.8, 4) is 0 Å². The molecule has 0 aromatic heterocycles. The van der Waals surface area contributed by atoms with E-state index in [2.05, 4.69) is 16.0 Å². The summed E-state index contributed by atoms with van der Waals surface area (Å²) in [5.74, 6) is -10.0. The van der Waals surface area contributed by atoms with Crippen molar-refractivity contribution in [3.63, 3.8) is 0 Å². The van der Waals surface area contributed by atoms with Crippen LogP contribution in [-0.4, -0.2) is 220 Å². The third-order valence-corrected chi connectivity index (χ3v) is 17.2. The number of carbonyl (C=O) groups is 11. The lowest BCUT2D eigenvalue weighted by atomic mass is 9.91. The van der Waals surface area contributed by atoms with E-state index in [4.69, 9.17) is 0 Å². The fraction of sp³-hybridized carbons (Fsp3) is 0.803. The van der Waals surface area contributed by atoms with Crippen molar-refractivity contribution in [1.29, 1.82) is 0 Å². The number of nitrogens with one attached hydrogen (secondary N) is 3. The number of Topliss-reactive ketones (excluding diaryl/α,β-unsaturated/α-hetero) is 1. The number of rotatable bonds is 17. The molecule has 0 unspecified atom stereocenters. The average molecular weight is 1240 g/mol. The predicted octanol–water partition coefficient (Wildman–Crippen LogP) is 5.53. The van der Waals surface area contributed by atoms with Crippen LogP contribution in [-0.2, 0) is 52.7 Å². The van der Waals surface area contributed by atoms with Crippen molar-refractivity contribution in [2.75, 3.05) is 49.3 Å². The lowest BCUT2D eigenvalue weighted by Gasteiger charge is -2.41. The lowest BCUT2D eigenvalue weighted by molar-refractivity contribution is -0.157. The zero-order valence-corrected chi connectivity index (χ0v) is 58.6. The van der Waals surface area contributed by atoms with Crippen molar-refractivity contribution in [2.24, 2.45) is 47.3 Å². The quantitative estimate of drug-likeness (QED) is 0.131. The normalized spacial score (nSPS) is 27.3. The Labute approximate surface area is 528 Å². The van der Waals surface area contributed by atoms with Gasteiger partial charge in [-0.2, -0.15) is 0 Å². The van der Waals surface area contributed by atoms with Crippen LogP contribution in [0.2, 0.25) is 0 Å². The molecular weight excluding hydrogens is 1120 g/mol. The van der Waals surface area contributed by atoms with Gasteiger partial charge in [-0.1, -0.05) is 129 Å². The van der Waals surface area contributed by atoms with Crippen LogP contribution in [0.1, 0.15) is 182 Å². The van der Waals surface area contributed by atoms with Crippen molar-refractivity contribution in [2.45, 2.75) is 249 Å². The first-order valence-electron chi connectivity index (χ1n) is 32.3. The Balaban J connectivity index is 4.45. The number of nitrogens with zero attached hydrogens (tertiary/aromatic N) is 7. The van der Waals surface area contributed by atoms with E-state index < -0.39 is 155 Å². The molecule has 22 nitrogen and oxygen atoms in total. The van der Waals surface area contributed by atoms with Crippen molar-refractivity contribution < 1.29 is 57.8 Å². The Morgan fingerprint density at radius 2 is 0.864 bits per heavy atom. The number of carbonyl (C=O) groups excluding carboxylic acids is 11. The Morgan fingerprint density at radius 1 is 0.466 bits per heavy atom. The molecule has 0 bridgehead atoms. The van der Waals surface area contributed by atoms with Crippen LogP contribution < -0.4 is 16.0 Å². The standard InChI is InChI=1S/C66H118N10O12/c1-26-29-31-43(16)56(78)55-59(81)68-46(28-3)61(83)70(19)47(30-27-2)62(84)71(20)49(33-38(6)7)58(80)69-53(41(12)13)65(87)72(21)48(32-37(4)5)57(79)67-45(18)52(77)36-44(17)60(82)73(22)50(34-39(8)9)63(85)74(23)51(35-40(10)11)64(86)75(24)54(42(14)15)66(88)76(55)25/h26,29,37-51,53-56,78H,27-28,30-36H2,1-25H3,(H,67,79)(H,68,81)(H,69,80)/b29-26+/t43-,44-,45-,46-,47-,48-,49+,50-,51-,53-,54-,55-,56-/m1/s1. The zero-order chi connectivity index (χ0) is 68.3. The molecule has 0 radical (unpaired) electrons. The number of allylic oxidation sites excluding steroid dienone is 2. The summed E-state index contributed by atoms with van der Waals surface area (Å²) in [6.07, 6.45) is 3.40. The first kappa shape index (κ1) is 80.1. The number of aliphatic hydroxyl groups excluding tert-OH is 1. The van der Waals surface area contributed by atoms with Gasteiger partial charge < -0.3 is 55.4 Å². The molecule has 10 amide bonds. The van der Waals surface area contributed by atoms with Gasteiger partial charge in [0.25, 0.3) is 0 Å². The van der Waals surface area contributed by atoms with Crippen LogP contribution in [0.3, 0.4) is 0 Å². The van der Waals surface area contributed by atoms with E-state index in [-0.39, 0.29) is 68.6 Å². The van der Waals surface area contributed by atoms with E-state index in [1.807, 2.05) is 75.3 Å². The van der Waals surface area contributed by atoms with Gasteiger partial charge in [-0.25, -0.2) is 0 Å². The summed E-state index contributed by atoms with van der Waals surface area (Å²) in [7, 11) is 10.2. The summed E-state index contributed by atoms with van der Waals surface area (Å²) in [6, 6.07) is -12.1. The maximum atomic E-state index is 15.3. The number of likely N-dealkylation sites (N-methyl/N-ethyl adjacent to an activating group) is 7. The molecule has 0 saturated carbocycles. The van der Waals surface area contributed by atoms with Gasteiger partial charge in [-0.3, -0.25) is 52.7 Å². The molecule has 0 aromatic rings. The highest BCUT2D eigenvalue weighted by Crippen LogP contribution is 2.27. The van der Waals surface area contributed by atoms with Gasteiger partial charge in [0.1, 0.15) is 54.4 Å². The molecule has 1 fully saturated rings. The summed E-state index contributed by atoms with van der Waals surface area (Å²) in [5, 5.41) is 20.7. The molecule has 1 aliphatic heterocycles. The minimum atomic E-state index is -1.61. The second kappa shape index (κ2) is 36.7. The highest BCUT2D eigenvalue weighted by atomic mass is 16.3. The number of hydrogen-bond donors (Lipinski definition) is 4. The van der Waals surface area contributed by atoms with Gasteiger partial charge in [-0.05, 0) is 100 Å². The summed E-state index contributed by atoms with van der Waals surface area (Å²) in [5.41, 5.74) is 0. The molecular formula is C66H118N10O12. The second-order valence-electron chi connectivity index (χ2n) is 27.4. The molecule has 1 rings (SSSR count). The third-order valence-electron chi connectivity index (χ3n) is 17.2. The highest BCUT2D eigenvalue weighted by molar-refractivity contribution is 6.00. The van der Waals surface area contributed by atoms with E-state index in [0.29, 0.717) is 12.8 Å². The fourth-order valence-corrected chi connectivity index (χ4v) is 11.6. The van der Waals surface area contributed by atoms with Crippen molar-refractivity contribution >= 4 is 64.9 Å². The number of amides is 10. The third kappa shape index (κ3) is 21.9. The minimum absolute atomic E-state index is 0.0248. The first-order chi connectivity index (χ1) is 40.7. The number of hydrogen-bond acceptors (Lipinski definition) is 12. The molecule has 1 aliphatic rings. The van der Waals surface area contributed by atoms with Gasteiger partial charge in [0.15, 0.2) is 5.78 Å². The molecule has 0 spiro atoms. The van der Waals surface area contributed by atoms with Crippen molar-refractivity contribution in [1.82, 2.24) is 50.2 Å². The van der Waals surface area contributed by atoms with Gasteiger partial charge in [0.05, 0.1) is 12.1 Å². The molecule has 1 heterocycles. The molecule has 4 N–H and O–H groups in total. The molecule has 88 heavy (non-hydrogen) atoms. The zero-order valence-electron chi connectivity index (χ0n) is 58.6. The Morgan fingerprint density at radius 3 is 1.30 bits per heavy atom. The van der Waals surface area contributed by atoms with Gasteiger partial charge in [0, 0.05) is 61.7 Å². The van der Waals surface area contributed by atoms with E-state index in [1.165, 1.54) is 85.7 Å². The number of aliphatic hydroxyl groups is 1. The maximum Gasteiger partial charge on any atom is 0.246 e. The molecule has 0 aliphatic carbocycles. The van der Waals surface area contributed by atoms with E-state index in [0.717, 1.165) is 4.90 Å².